The molecular formula is C10H9Cl2N. The second kappa shape index (κ2) is 3.32. The van der Waals surface area contributed by atoms with Crippen molar-refractivity contribution in [2.45, 2.75) is 19.8 Å². The number of hydrogen-bond acceptors (Lipinski definition) is 1. The summed E-state index contributed by atoms with van der Waals surface area (Å²) in [5.74, 6) is 0. The van der Waals surface area contributed by atoms with Crippen LogP contribution in [-0.2, 0) is 6.42 Å². The van der Waals surface area contributed by atoms with Gasteiger partial charge < -0.3 is 0 Å². The van der Waals surface area contributed by atoms with Crippen LogP contribution in [0, 0.1) is 0 Å². The molecular weight excluding hydrogens is 205 g/mol. The normalized spacial score (nSPS) is 15.2. The van der Waals surface area contributed by atoms with Crippen molar-refractivity contribution in [1.82, 2.24) is 0 Å². The van der Waals surface area contributed by atoms with Crippen LogP contribution < -0.4 is 0 Å². The Balaban J connectivity index is 2.57. The summed E-state index contributed by atoms with van der Waals surface area (Å²) in [6.07, 6.45) is 2.03. The zero-order chi connectivity index (χ0) is 9.42. The van der Waals surface area contributed by atoms with Gasteiger partial charge in [0, 0.05) is 5.71 Å². The molecule has 0 saturated carbocycles. The Labute approximate surface area is 87.4 Å². The van der Waals surface area contributed by atoms with Crippen LogP contribution in [0.2, 0.25) is 10.0 Å². The largest absolute Gasteiger partial charge is 0.258 e. The molecule has 0 amide bonds. The number of aryl methyl sites for hydroxylation is 1. The van der Waals surface area contributed by atoms with Crippen LogP contribution in [-0.4, -0.2) is 5.71 Å². The third-order valence-corrected chi connectivity index (χ3v) is 2.91. The number of nitrogens with zero attached hydrogens (tertiary/aromatic N) is 1. The standard InChI is InChI=1S/C10H9Cl2N/c1-6-2-3-7-4-8(11)9(12)5-10(7)13-6/h4-5H,2-3H2,1H3. The van der Waals surface area contributed by atoms with E-state index in [1.165, 1.54) is 5.56 Å². The first-order valence-electron chi connectivity index (χ1n) is 4.19. The Hall–Kier alpha value is -0.530. The number of fused-ring (bicyclic) bond motifs is 1. The molecule has 2 rings (SSSR count). The van der Waals surface area contributed by atoms with Gasteiger partial charge >= 0.3 is 0 Å². The fourth-order valence-corrected chi connectivity index (χ4v) is 1.80. The Kier molecular flexibility index (Phi) is 2.31. The number of benzene rings is 1. The van der Waals surface area contributed by atoms with E-state index in [1.54, 1.807) is 0 Å². The molecule has 1 aliphatic heterocycles. The summed E-state index contributed by atoms with van der Waals surface area (Å²) in [6.45, 7) is 2.03. The highest BCUT2D eigenvalue weighted by Gasteiger charge is 2.11. The van der Waals surface area contributed by atoms with Crippen molar-refractivity contribution in [2.24, 2.45) is 4.99 Å². The number of hydrogen-bond donors (Lipinski definition) is 0. The maximum atomic E-state index is 5.90. The van der Waals surface area contributed by atoms with Crippen LogP contribution in [0.3, 0.4) is 0 Å². The van der Waals surface area contributed by atoms with Gasteiger partial charge in [-0.25, -0.2) is 0 Å². The number of rotatable bonds is 0. The van der Waals surface area contributed by atoms with E-state index < -0.39 is 0 Å². The van der Waals surface area contributed by atoms with Gasteiger partial charge in [0.2, 0.25) is 0 Å². The Morgan fingerprint density at radius 2 is 1.85 bits per heavy atom. The van der Waals surface area contributed by atoms with E-state index in [0.717, 1.165) is 24.2 Å². The molecule has 0 aliphatic carbocycles. The smallest absolute Gasteiger partial charge is 0.0676 e. The lowest BCUT2D eigenvalue weighted by Gasteiger charge is -2.13. The average molecular weight is 214 g/mol. The first-order chi connectivity index (χ1) is 6.16. The van der Waals surface area contributed by atoms with Crippen molar-refractivity contribution in [1.29, 1.82) is 0 Å². The van der Waals surface area contributed by atoms with E-state index in [9.17, 15) is 0 Å². The molecule has 1 aromatic carbocycles. The van der Waals surface area contributed by atoms with E-state index in [-0.39, 0.29) is 0 Å². The number of aliphatic imine (C=N–C) groups is 1. The molecule has 0 radical (unpaired) electrons. The van der Waals surface area contributed by atoms with Gasteiger partial charge in [0.1, 0.15) is 0 Å². The topological polar surface area (TPSA) is 12.4 Å². The lowest BCUT2D eigenvalue weighted by atomic mass is 10.0. The van der Waals surface area contributed by atoms with Gasteiger partial charge in [0.15, 0.2) is 0 Å². The fraction of sp³-hybridized carbons (Fsp3) is 0.300. The first kappa shape index (κ1) is 9.04. The summed E-state index contributed by atoms with van der Waals surface area (Å²) in [7, 11) is 0. The van der Waals surface area contributed by atoms with E-state index in [1.807, 2.05) is 19.1 Å². The monoisotopic (exact) mass is 213 g/mol. The molecule has 3 heteroatoms. The fourth-order valence-electron chi connectivity index (χ4n) is 1.46. The molecule has 0 bridgehead atoms. The minimum atomic E-state index is 0.582. The summed E-state index contributed by atoms with van der Waals surface area (Å²) in [4.78, 5) is 4.42. The van der Waals surface area contributed by atoms with Crippen LogP contribution in [0.5, 0.6) is 0 Å². The lowest BCUT2D eigenvalue weighted by Crippen LogP contribution is -2.01. The van der Waals surface area contributed by atoms with Gasteiger partial charge in [0.25, 0.3) is 0 Å². The van der Waals surface area contributed by atoms with Crippen molar-refractivity contribution in [3.63, 3.8) is 0 Å². The maximum absolute atomic E-state index is 5.90. The van der Waals surface area contributed by atoms with E-state index in [0.29, 0.717) is 10.0 Å². The molecule has 13 heavy (non-hydrogen) atoms. The van der Waals surface area contributed by atoms with Crippen LogP contribution >= 0.6 is 23.2 Å². The van der Waals surface area contributed by atoms with Crippen LogP contribution in [0.1, 0.15) is 18.9 Å². The molecule has 0 atom stereocenters. The summed E-state index contributed by atoms with van der Waals surface area (Å²) < 4.78 is 0. The SMILES string of the molecule is CC1=Nc2cc(Cl)c(Cl)cc2CC1. The van der Waals surface area contributed by atoms with Crippen LogP contribution in [0.25, 0.3) is 0 Å². The molecule has 0 unspecified atom stereocenters. The van der Waals surface area contributed by atoms with Gasteiger partial charge in [-0.2, -0.15) is 0 Å². The zero-order valence-corrected chi connectivity index (χ0v) is 8.78. The number of halogens is 2. The molecule has 0 N–H and O–H groups in total. The average Bonchev–Trinajstić information content (AvgIpc) is 2.08. The van der Waals surface area contributed by atoms with Crippen molar-refractivity contribution in [2.75, 3.05) is 0 Å². The minimum absolute atomic E-state index is 0.582. The summed E-state index contributed by atoms with van der Waals surface area (Å²) >= 11 is 11.8. The predicted octanol–water partition coefficient (Wildman–Crippen LogP) is 4.03. The first-order valence-corrected chi connectivity index (χ1v) is 4.94. The predicted molar refractivity (Wildman–Crippen MR) is 57.6 cm³/mol. The van der Waals surface area contributed by atoms with Gasteiger partial charge in [-0.1, -0.05) is 23.2 Å². The summed E-state index contributed by atoms with van der Waals surface area (Å²) in [5, 5.41) is 1.20. The highest BCUT2D eigenvalue weighted by molar-refractivity contribution is 6.42. The summed E-state index contributed by atoms with van der Waals surface area (Å²) in [6, 6.07) is 3.75. The van der Waals surface area contributed by atoms with Crippen molar-refractivity contribution < 1.29 is 0 Å². The van der Waals surface area contributed by atoms with E-state index >= 15 is 0 Å². The van der Waals surface area contributed by atoms with Gasteiger partial charge in [-0.05, 0) is 37.5 Å². The second-order valence-electron chi connectivity index (χ2n) is 3.24. The Morgan fingerprint density at radius 3 is 2.62 bits per heavy atom. The second-order valence-corrected chi connectivity index (χ2v) is 4.06. The quantitative estimate of drug-likeness (QED) is 0.618. The molecule has 1 aliphatic rings. The highest BCUT2D eigenvalue weighted by Crippen LogP contribution is 2.33. The molecule has 1 aromatic rings. The maximum Gasteiger partial charge on any atom is 0.0676 e. The molecule has 0 aromatic heterocycles. The summed E-state index contributed by atoms with van der Waals surface area (Å²) in [5.41, 5.74) is 3.32. The van der Waals surface area contributed by atoms with Gasteiger partial charge in [-0.3, -0.25) is 4.99 Å². The lowest BCUT2D eigenvalue weighted by molar-refractivity contribution is 1.00. The van der Waals surface area contributed by atoms with Crippen LogP contribution in [0.4, 0.5) is 5.69 Å². The Morgan fingerprint density at radius 1 is 1.15 bits per heavy atom. The zero-order valence-electron chi connectivity index (χ0n) is 7.27. The van der Waals surface area contributed by atoms with E-state index in [4.69, 9.17) is 23.2 Å². The molecule has 68 valence electrons. The molecule has 1 nitrogen and oxygen atoms in total. The van der Waals surface area contributed by atoms with Crippen molar-refractivity contribution >= 4 is 34.6 Å². The Bertz CT molecular complexity index is 383. The third-order valence-electron chi connectivity index (χ3n) is 2.19. The minimum Gasteiger partial charge on any atom is -0.258 e. The van der Waals surface area contributed by atoms with Gasteiger partial charge in [-0.15, -0.1) is 0 Å². The molecule has 0 spiro atoms. The van der Waals surface area contributed by atoms with Crippen molar-refractivity contribution in [3.05, 3.63) is 27.7 Å². The molecule has 1 heterocycles. The highest BCUT2D eigenvalue weighted by atomic mass is 35.5. The van der Waals surface area contributed by atoms with Gasteiger partial charge in [0.05, 0.1) is 15.7 Å². The van der Waals surface area contributed by atoms with E-state index in [2.05, 4.69) is 4.99 Å². The molecule has 0 fully saturated rings. The van der Waals surface area contributed by atoms with Crippen LogP contribution in [0.15, 0.2) is 17.1 Å². The van der Waals surface area contributed by atoms with Crippen molar-refractivity contribution in [3.8, 4) is 0 Å². The third kappa shape index (κ3) is 1.72. The molecule has 0 saturated heterocycles.